The molecule has 0 saturated heterocycles. The monoisotopic (exact) mass is 136 g/mol. The first kappa shape index (κ1) is 6.45. The van der Waals surface area contributed by atoms with Crippen molar-refractivity contribution >= 4 is 0 Å². The third-order valence-corrected chi connectivity index (χ3v) is 2.96. The third-order valence-electron chi connectivity index (χ3n) is 2.96. The molecule has 0 aromatic heterocycles. The lowest BCUT2D eigenvalue weighted by Gasteiger charge is -1.95. The van der Waals surface area contributed by atoms with E-state index >= 15 is 0 Å². The quantitative estimate of drug-likeness (QED) is 0.512. The van der Waals surface area contributed by atoms with Gasteiger partial charge in [-0.05, 0) is 36.5 Å². The molecule has 0 aliphatic heterocycles. The Bertz CT molecular complexity index is 163. The van der Waals surface area contributed by atoms with Gasteiger partial charge in [0, 0.05) is 0 Å². The summed E-state index contributed by atoms with van der Waals surface area (Å²) in [6.07, 6.45) is 9.17. The summed E-state index contributed by atoms with van der Waals surface area (Å²) in [5.74, 6) is 1.93. The number of hydrogen-bond acceptors (Lipinski definition) is 0. The van der Waals surface area contributed by atoms with Gasteiger partial charge < -0.3 is 0 Å². The van der Waals surface area contributed by atoms with Gasteiger partial charge in [0.1, 0.15) is 0 Å². The molecule has 0 radical (unpaired) electrons. The fourth-order valence-electron chi connectivity index (χ4n) is 1.34. The molecule has 2 rings (SSSR count). The lowest BCUT2D eigenvalue weighted by Crippen LogP contribution is -1.84. The second-order valence-corrected chi connectivity index (χ2v) is 4.39. The summed E-state index contributed by atoms with van der Waals surface area (Å²) in [6.45, 7) is 4.70. The van der Waals surface area contributed by atoms with Crippen LogP contribution in [0.2, 0.25) is 0 Å². The topological polar surface area (TPSA) is 0 Å². The highest BCUT2D eigenvalue weighted by atomic mass is 14.4. The summed E-state index contributed by atoms with van der Waals surface area (Å²) in [7, 11) is 0. The van der Waals surface area contributed by atoms with Crippen LogP contribution in [-0.2, 0) is 0 Å². The highest BCUT2D eigenvalue weighted by molar-refractivity contribution is 5.11. The van der Waals surface area contributed by atoms with Crippen molar-refractivity contribution in [3.05, 3.63) is 12.2 Å². The van der Waals surface area contributed by atoms with Crippen molar-refractivity contribution in [2.24, 2.45) is 17.3 Å². The van der Waals surface area contributed by atoms with E-state index in [0.29, 0.717) is 5.41 Å². The van der Waals surface area contributed by atoms with E-state index in [2.05, 4.69) is 26.0 Å². The van der Waals surface area contributed by atoms with Gasteiger partial charge in [-0.15, -0.1) is 0 Å². The predicted octanol–water partition coefficient (Wildman–Crippen LogP) is 3.00. The molecule has 2 aliphatic rings. The van der Waals surface area contributed by atoms with E-state index in [4.69, 9.17) is 0 Å². The Kier molecular flexibility index (Phi) is 1.21. The van der Waals surface area contributed by atoms with Crippen molar-refractivity contribution in [3.8, 4) is 0 Å². The smallest absolute Gasteiger partial charge is 0.0146 e. The van der Waals surface area contributed by atoms with Crippen molar-refractivity contribution < 1.29 is 0 Å². The maximum absolute atomic E-state index is 2.45. The Hall–Kier alpha value is -0.260. The summed E-state index contributed by atoms with van der Waals surface area (Å²) < 4.78 is 0. The Labute approximate surface area is 63.3 Å². The molecule has 0 N–H and O–H groups in total. The summed E-state index contributed by atoms with van der Waals surface area (Å²) in [4.78, 5) is 0. The van der Waals surface area contributed by atoms with Crippen LogP contribution in [0, 0.1) is 17.3 Å². The van der Waals surface area contributed by atoms with Crippen molar-refractivity contribution in [1.82, 2.24) is 0 Å². The first-order valence-electron chi connectivity index (χ1n) is 4.39. The molecule has 0 heteroatoms. The molecule has 2 atom stereocenters. The van der Waals surface area contributed by atoms with Gasteiger partial charge in [-0.1, -0.05) is 26.0 Å². The Morgan fingerprint density at radius 1 is 1.40 bits per heavy atom. The zero-order valence-electron chi connectivity index (χ0n) is 6.93. The molecule has 0 bridgehead atoms. The second kappa shape index (κ2) is 1.87. The fourth-order valence-corrected chi connectivity index (χ4v) is 1.34. The Balaban J connectivity index is 1.83. The van der Waals surface area contributed by atoms with E-state index in [-0.39, 0.29) is 0 Å². The summed E-state index contributed by atoms with van der Waals surface area (Å²) >= 11 is 0. The van der Waals surface area contributed by atoms with Crippen LogP contribution in [0.25, 0.3) is 0 Å². The highest BCUT2D eigenvalue weighted by Gasteiger charge is 2.36. The molecule has 0 heterocycles. The first-order chi connectivity index (χ1) is 4.70. The molecule has 2 aliphatic carbocycles. The molecule has 2 fully saturated rings. The van der Waals surface area contributed by atoms with Crippen LogP contribution in [0.5, 0.6) is 0 Å². The summed E-state index contributed by atoms with van der Waals surface area (Å²) in [5.41, 5.74) is 0.627. The molecule has 56 valence electrons. The molecule has 0 spiro atoms. The van der Waals surface area contributed by atoms with E-state index in [1.807, 2.05) is 0 Å². The van der Waals surface area contributed by atoms with Crippen LogP contribution < -0.4 is 0 Å². The van der Waals surface area contributed by atoms with E-state index < -0.39 is 0 Å². The molecular formula is C10H16. The predicted molar refractivity (Wildman–Crippen MR) is 43.8 cm³/mol. The largest absolute Gasteiger partial charge is 0.0846 e. The molecule has 0 aromatic carbocycles. The molecule has 0 nitrogen and oxygen atoms in total. The average molecular weight is 136 g/mol. The van der Waals surface area contributed by atoms with Crippen LogP contribution in [0.4, 0.5) is 0 Å². The molecule has 0 aromatic rings. The average Bonchev–Trinajstić information content (AvgIpc) is 2.71. The zero-order valence-corrected chi connectivity index (χ0v) is 6.93. The zero-order chi connectivity index (χ0) is 7.19. The third kappa shape index (κ3) is 1.25. The fraction of sp³-hybridized carbons (Fsp3) is 0.800. The second-order valence-electron chi connectivity index (χ2n) is 4.39. The van der Waals surface area contributed by atoms with Gasteiger partial charge in [0.05, 0.1) is 0 Å². The summed E-state index contributed by atoms with van der Waals surface area (Å²) in [6, 6.07) is 0. The minimum absolute atomic E-state index is 0.627. The van der Waals surface area contributed by atoms with Gasteiger partial charge in [-0.25, -0.2) is 0 Å². The Morgan fingerprint density at radius 2 is 2.00 bits per heavy atom. The minimum atomic E-state index is 0.627. The highest BCUT2D eigenvalue weighted by Crippen LogP contribution is 2.48. The SMILES string of the molecule is CC1CC1C=CC1(C)CC1. The van der Waals surface area contributed by atoms with E-state index in [9.17, 15) is 0 Å². The van der Waals surface area contributed by atoms with Gasteiger partial charge in [0.25, 0.3) is 0 Å². The molecule has 10 heavy (non-hydrogen) atoms. The van der Waals surface area contributed by atoms with Gasteiger partial charge in [-0.3, -0.25) is 0 Å². The van der Waals surface area contributed by atoms with Crippen LogP contribution in [-0.4, -0.2) is 0 Å². The van der Waals surface area contributed by atoms with Crippen molar-refractivity contribution in [2.45, 2.75) is 33.1 Å². The van der Waals surface area contributed by atoms with Crippen molar-refractivity contribution in [2.75, 3.05) is 0 Å². The van der Waals surface area contributed by atoms with Gasteiger partial charge in [-0.2, -0.15) is 0 Å². The van der Waals surface area contributed by atoms with Crippen LogP contribution in [0.3, 0.4) is 0 Å². The number of hydrogen-bond donors (Lipinski definition) is 0. The van der Waals surface area contributed by atoms with Crippen LogP contribution in [0.1, 0.15) is 33.1 Å². The molecular weight excluding hydrogens is 120 g/mol. The standard InChI is InChI=1S/C10H16/c1-8-7-9(8)3-4-10(2)5-6-10/h3-4,8-9H,5-7H2,1-2H3. The molecule has 0 amide bonds. The van der Waals surface area contributed by atoms with Gasteiger partial charge in [0.2, 0.25) is 0 Å². The normalized spacial score (nSPS) is 42.2. The van der Waals surface area contributed by atoms with Gasteiger partial charge in [0.15, 0.2) is 0 Å². The van der Waals surface area contributed by atoms with Crippen LogP contribution in [0.15, 0.2) is 12.2 Å². The summed E-state index contributed by atoms with van der Waals surface area (Å²) in [5, 5.41) is 0. The van der Waals surface area contributed by atoms with E-state index in [1.54, 1.807) is 0 Å². The first-order valence-corrected chi connectivity index (χ1v) is 4.39. The number of rotatable bonds is 2. The van der Waals surface area contributed by atoms with Crippen LogP contribution >= 0.6 is 0 Å². The van der Waals surface area contributed by atoms with E-state index in [1.165, 1.54) is 19.3 Å². The minimum Gasteiger partial charge on any atom is -0.0846 e. The lowest BCUT2D eigenvalue weighted by atomic mass is 10.1. The van der Waals surface area contributed by atoms with Crippen molar-refractivity contribution in [3.63, 3.8) is 0 Å². The maximum Gasteiger partial charge on any atom is -0.0146 e. The lowest BCUT2D eigenvalue weighted by molar-refractivity contribution is 0.737. The number of allylic oxidation sites excluding steroid dienone is 2. The van der Waals surface area contributed by atoms with Gasteiger partial charge >= 0.3 is 0 Å². The van der Waals surface area contributed by atoms with Crippen molar-refractivity contribution in [1.29, 1.82) is 0 Å². The maximum atomic E-state index is 2.45. The molecule has 2 saturated carbocycles. The Morgan fingerprint density at radius 3 is 2.40 bits per heavy atom. The molecule has 2 unspecified atom stereocenters. The van der Waals surface area contributed by atoms with E-state index in [0.717, 1.165) is 11.8 Å².